The van der Waals surface area contributed by atoms with E-state index in [1.807, 2.05) is 24.3 Å². The molecule has 0 heteroatoms. The molecule has 0 spiro atoms. The van der Waals surface area contributed by atoms with E-state index in [4.69, 9.17) is 6.42 Å². The molecule has 44 valence electrons. The highest BCUT2D eigenvalue weighted by Gasteiger charge is 1.84. The number of terminal acetylenes is 1. The predicted octanol–water partition coefficient (Wildman–Crippen LogP) is 2.06. The molecule has 0 N–H and O–H groups in total. The average molecular weight is 116 g/mol. The zero-order valence-electron chi connectivity index (χ0n) is 5.17. The fourth-order valence-corrected chi connectivity index (χ4v) is 0.686. The van der Waals surface area contributed by atoms with Crippen molar-refractivity contribution in [1.82, 2.24) is 0 Å². The number of hydrogen-bond donors (Lipinski definition) is 0. The van der Waals surface area contributed by atoms with Gasteiger partial charge in [-0.3, -0.25) is 0 Å². The Morgan fingerprint density at radius 3 is 3.11 bits per heavy atom. The Morgan fingerprint density at radius 2 is 2.33 bits per heavy atom. The Bertz CT molecular complexity index is 209. The second kappa shape index (κ2) is 2.94. The van der Waals surface area contributed by atoms with Crippen LogP contribution in [0.3, 0.4) is 0 Å². The first-order valence-corrected chi connectivity index (χ1v) is 2.93. The van der Waals surface area contributed by atoms with E-state index in [9.17, 15) is 0 Å². The summed E-state index contributed by atoms with van der Waals surface area (Å²) in [6.45, 7) is 0. The Balaban J connectivity index is 2.78. The van der Waals surface area contributed by atoms with Gasteiger partial charge < -0.3 is 0 Å². The molecular formula is C9H8. The molecule has 0 aromatic heterocycles. The highest BCUT2D eigenvalue weighted by atomic mass is 13.9. The van der Waals surface area contributed by atoms with Crippen LogP contribution in [0, 0.1) is 12.3 Å². The van der Waals surface area contributed by atoms with E-state index in [1.54, 1.807) is 0 Å². The first-order chi connectivity index (χ1) is 4.43. The van der Waals surface area contributed by atoms with Crippen molar-refractivity contribution >= 4 is 0 Å². The summed E-state index contributed by atoms with van der Waals surface area (Å²) in [5.74, 6) is 2.58. The van der Waals surface area contributed by atoms with Crippen LogP contribution in [0.25, 0.3) is 0 Å². The van der Waals surface area contributed by atoms with Crippen LogP contribution >= 0.6 is 0 Å². The summed E-state index contributed by atoms with van der Waals surface area (Å²) >= 11 is 0. The Kier molecular flexibility index (Phi) is 1.93. The summed E-state index contributed by atoms with van der Waals surface area (Å²) < 4.78 is 0. The molecule has 1 rings (SSSR count). The van der Waals surface area contributed by atoms with Crippen LogP contribution in [0.1, 0.15) is 6.42 Å². The quantitative estimate of drug-likeness (QED) is 0.425. The van der Waals surface area contributed by atoms with Crippen LogP contribution in [0.5, 0.6) is 0 Å². The topological polar surface area (TPSA) is 0 Å². The molecule has 0 saturated carbocycles. The third kappa shape index (κ3) is 1.62. The zero-order valence-corrected chi connectivity index (χ0v) is 5.17. The van der Waals surface area contributed by atoms with Crippen molar-refractivity contribution in [2.24, 2.45) is 0 Å². The normalized spacial score (nSPS) is 16.1. The maximum atomic E-state index is 5.18. The van der Waals surface area contributed by atoms with Crippen LogP contribution in [0.15, 0.2) is 36.0 Å². The SMILES string of the molecule is C#CC1=CCC=CC=C1. The molecule has 0 aromatic rings. The monoisotopic (exact) mass is 116 g/mol. The lowest BCUT2D eigenvalue weighted by molar-refractivity contribution is 1.39. The largest absolute Gasteiger partial charge is 0.115 e. The summed E-state index contributed by atoms with van der Waals surface area (Å²) in [6.07, 6.45) is 16.1. The molecule has 0 atom stereocenters. The molecule has 1 aliphatic carbocycles. The fourth-order valence-electron chi connectivity index (χ4n) is 0.686. The molecule has 0 saturated heterocycles. The Hall–Kier alpha value is -1.22. The van der Waals surface area contributed by atoms with Crippen LogP contribution in [0.4, 0.5) is 0 Å². The standard InChI is InChI=1S/C9H8/c1-2-9-7-5-3-4-6-8-9/h1,3-5,7-8H,6H2. The van der Waals surface area contributed by atoms with Crippen LogP contribution < -0.4 is 0 Å². The molecule has 0 bridgehead atoms. The van der Waals surface area contributed by atoms with Crippen molar-refractivity contribution in [3.05, 3.63) is 36.0 Å². The van der Waals surface area contributed by atoms with Crippen molar-refractivity contribution in [2.45, 2.75) is 6.42 Å². The van der Waals surface area contributed by atoms with Crippen molar-refractivity contribution < 1.29 is 0 Å². The zero-order chi connectivity index (χ0) is 6.53. The summed E-state index contributed by atoms with van der Waals surface area (Å²) in [5, 5.41) is 0. The molecule has 0 nitrogen and oxygen atoms in total. The smallest absolute Gasteiger partial charge is 0.0205 e. The molecule has 1 aliphatic rings. The predicted molar refractivity (Wildman–Crippen MR) is 39.8 cm³/mol. The van der Waals surface area contributed by atoms with Gasteiger partial charge >= 0.3 is 0 Å². The Labute approximate surface area is 55.6 Å². The molecule has 0 amide bonds. The van der Waals surface area contributed by atoms with Crippen molar-refractivity contribution in [3.63, 3.8) is 0 Å². The van der Waals surface area contributed by atoms with E-state index in [0.717, 1.165) is 12.0 Å². The van der Waals surface area contributed by atoms with Gasteiger partial charge in [0.1, 0.15) is 0 Å². The highest BCUT2D eigenvalue weighted by molar-refractivity contribution is 5.39. The lowest BCUT2D eigenvalue weighted by Gasteiger charge is -1.82. The molecule has 0 unspecified atom stereocenters. The highest BCUT2D eigenvalue weighted by Crippen LogP contribution is 2.02. The third-order valence-electron chi connectivity index (χ3n) is 1.16. The van der Waals surface area contributed by atoms with Gasteiger partial charge in [0.15, 0.2) is 0 Å². The van der Waals surface area contributed by atoms with Gasteiger partial charge in [0.25, 0.3) is 0 Å². The molecular weight excluding hydrogens is 108 g/mol. The second-order valence-electron chi connectivity index (χ2n) is 1.83. The van der Waals surface area contributed by atoms with E-state index in [0.29, 0.717) is 0 Å². The average Bonchev–Trinajstić information content (AvgIpc) is 2.13. The minimum Gasteiger partial charge on any atom is -0.115 e. The molecule has 0 heterocycles. The fraction of sp³-hybridized carbons (Fsp3) is 0.111. The molecule has 0 aliphatic heterocycles. The van der Waals surface area contributed by atoms with Gasteiger partial charge in [-0.05, 0) is 12.5 Å². The van der Waals surface area contributed by atoms with Gasteiger partial charge in [-0.25, -0.2) is 0 Å². The molecule has 0 aromatic carbocycles. The van der Waals surface area contributed by atoms with Crippen LogP contribution in [-0.4, -0.2) is 0 Å². The lowest BCUT2D eigenvalue weighted by Crippen LogP contribution is -1.66. The number of rotatable bonds is 0. The van der Waals surface area contributed by atoms with Crippen molar-refractivity contribution in [1.29, 1.82) is 0 Å². The first kappa shape index (κ1) is 5.91. The number of hydrogen-bond acceptors (Lipinski definition) is 0. The summed E-state index contributed by atoms with van der Waals surface area (Å²) in [4.78, 5) is 0. The number of allylic oxidation sites excluding steroid dienone is 6. The summed E-state index contributed by atoms with van der Waals surface area (Å²) in [7, 11) is 0. The maximum Gasteiger partial charge on any atom is 0.0205 e. The third-order valence-corrected chi connectivity index (χ3v) is 1.16. The van der Waals surface area contributed by atoms with E-state index >= 15 is 0 Å². The second-order valence-corrected chi connectivity index (χ2v) is 1.83. The molecule has 0 radical (unpaired) electrons. The van der Waals surface area contributed by atoms with E-state index in [1.165, 1.54) is 0 Å². The van der Waals surface area contributed by atoms with Gasteiger partial charge in [0.2, 0.25) is 0 Å². The van der Waals surface area contributed by atoms with E-state index in [2.05, 4.69) is 12.0 Å². The van der Waals surface area contributed by atoms with Gasteiger partial charge in [-0.15, -0.1) is 6.42 Å². The minimum atomic E-state index is 0.951. The first-order valence-electron chi connectivity index (χ1n) is 2.93. The molecule has 9 heavy (non-hydrogen) atoms. The van der Waals surface area contributed by atoms with E-state index < -0.39 is 0 Å². The summed E-state index contributed by atoms with van der Waals surface area (Å²) in [6, 6.07) is 0. The lowest BCUT2D eigenvalue weighted by atomic mass is 10.2. The Morgan fingerprint density at radius 1 is 1.44 bits per heavy atom. The van der Waals surface area contributed by atoms with E-state index in [-0.39, 0.29) is 0 Å². The van der Waals surface area contributed by atoms with Gasteiger partial charge in [0, 0.05) is 5.57 Å². The van der Waals surface area contributed by atoms with Gasteiger partial charge in [-0.1, -0.05) is 30.2 Å². The maximum absolute atomic E-state index is 5.18. The van der Waals surface area contributed by atoms with Crippen LogP contribution in [0.2, 0.25) is 0 Å². The molecule has 0 fully saturated rings. The summed E-state index contributed by atoms with van der Waals surface area (Å²) in [5.41, 5.74) is 0.972. The van der Waals surface area contributed by atoms with Crippen molar-refractivity contribution in [3.8, 4) is 12.3 Å². The van der Waals surface area contributed by atoms with Gasteiger partial charge in [-0.2, -0.15) is 0 Å². The van der Waals surface area contributed by atoms with Gasteiger partial charge in [0.05, 0.1) is 0 Å². The van der Waals surface area contributed by atoms with Crippen molar-refractivity contribution in [2.75, 3.05) is 0 Å². The van der Waals surface area contributed by atoms with Crippen LogP contribution in [-0.2, 0) is 0 Å². The minimum absolute atomic E-state index is 0.951.